The predicted octanol–water partition coefficient (Wildman–Crippen LogP) is 3.59. The maximum Gasteiger partial charge on any atom is 0.338 e. The summed E-state index contributed by atoms with van der Waals surface area (Å²) in [6.07, 6.45) is 1.58. The summed E-state index contributed by atoms with van der Waals surface area (Å²) in [5, 5.41) is 2.65. The highest BCUT2D eigenvalue weighted by Gasteiger charge is 2.16. The molecule has 0 spiro atoms. The van der Waals surface area contributed by atoms with Gasteiger partial charge in [0.1, 0.15) is 0 Å². The molecule has 1 heterocycles. The molecule has 4 rings (SSSR count). The molecule has 3 aromatic carbocycles. The van der Waals surface area contributed by atoms with E-state index < -0.39 is 5.97 Å². The van der Waals surface area contributed by atoms with E-state index in [4.69, 9.17) is 10.5 Å². The molecule has 0 saturated heterocycles. The third kappa shape index (κ3) is 2.88. The van der Waals surface area contributed by atoms with E-state index in [1.165, 1.54) is 7.11 Å². The maximum absolute atomic E-state index is 12.5. The van der Waals surface area contributed by atoms with Crippen LogP contribution in [-0.4, -0.2) is 18.1 Å². The summed E-state index contributed by atoms with van der Waals surface area (Å²) in [6.45, 7) is 0.455. The Labute approximate surface area is 155 Å². The quantitative estimate of drug-likeness (QED) is 0.433. The van der Waals surface area contributed by atoms with Gasteiger partial charge in [0, 0.05) is 12.7 Å². The molecule has 0 atom stereocenters. The molecule has 27 heavy (non-hydrogen) atoms. The molecule has 0 aliphatic rings. The van der Waals surface area contributed by atoms with Gasteiger partial charge in [0.25, 0.3) is 5.56 Å². The fourth-order valence-electron chi connectivity index (χ4n) is 3.45. The van der Waals surface area contributed by atoms with E-state index in [2.05, 4.69) is 4.98 Å². The predicted molar refractivity (Wildman–Crippen MR) is 107 cm³/mol. The molecule has 0 radical (unpaired) electrons. The van der Waals surface area contributed by atoms with Crippen molar-refractivity contribution in [2.45, 2.75) is 6.54 Å². The summed E-state index contributed by atoms with van der Waals surface area (Å²) < 4.78 is 4.93. The van der Waals surface area contributed by atoms with Crippen LogP contribution in [0.25, 0.3) is 32.7 Å². The molecule has 5 heteroatoms. The van der Waals surface area contributed by atoms with E-state index in [1.54, 1.807) is 18.3 Å². The van der Waals surface area contributed by atoms with Crippen molar-refractivity contribution in [3.63, 3.8) is 0 Å². The van der Waals surface area contributed by atoms with E-state index in [1.807, 2.05) is 42.5 Å². The Bertz CT molecular complexity index is 1240. The van der Waals surface area contributed by atoms with Crippen LogP contribution < -0.4 is 11.3 Å². The first-order valence-electron chi connectivity index (χ1n) is 8.58. The van der Waals surface area contributed by atoms with E-state index in [0.29, 0.717) is 33.7 Å². The second-order valence-corrected chi connectivity index (χ2v) is 6.35. The molecule has 0 fully saturated rings. The molecule has 0 aliphatic heterocycles. The van der Waals surface area contributed by atoms with Gasteiger partial charge < -0.3 is 15.5 Å². The number of rotatable bonds is 3. The number of ether oxygens (including phenoxy) is 1. The third-order valence-electron chi connectivity index (χ3n) is 4.77. The Hall–Kier alpha value is -3.44. The fraction of sp³-hybridized carbons (Fsp3) is 0.0909. The first-order valence-corrected chi connectivity index (χ1v) is 8.58. The van der Waals surface area contributed by atoms with Crippen LogP contribution >= 0.6 is 0 Å². The van der Waals surface area contributed by atoms with Crippen molar-refractivity contribution in [1.82, 2.24) is 4.98 Å². The summed E-state index contributed by atoms with van der Waals surface area (Å²) in [6, 6.07) is 17.2. The molecule has 0 unspecified atom stereocenters. The van der Waals surface area contributed by atoms with Gasteiger partial charge in [0.15, 0.2) is 0 Å². The average Bonchev–Trinajstić information content (AvgIpc) is 2.72. The lowest BCUT2D eigenvalue weighted by atomic mass is 9.94. The molecule has 5 nitrogen and oxygen atoms in total. The molecule has 0 aliphatic carbocycles. The SMILES string of the molecule is COC(=O)c1cc2cc[nH]c(=O)c2c2cc(-c3cccc(CN)c3)ccc12. The van der Waals surface area contributed by atoms with Crippen molar-refractivity contribution in [1.29, 1.82) is 0 Å². The van der Waals surface area contributed by atoms with Gasteiger partial charge in [-0.25, -0.2) is 4.79 Å². The number of nitrogens with two attached hydrogens (primary N) is 1. The standard InChI is InChI=1S/C22H18N2O3/c1-27-22(26)19-11-16-7-8-24-21(25)20(16)18-10-15(5-6-17(18)19)14-4-2-3-13(9-14)12-23/h2-11H,12,23H2,1H3,(H,24,25). The van der Waals surface area contributed by atoms with Crippen LogP contribution in [0.15, 0.2) is 65.6 Å². The van der Waals surface area contributed by atoms with Gasteiger partial charge >= 0.3 is 5.97 Å². The summed E-state index contributed by atoms with van der Waals surface area (Å²) >= 11 is 0. The number of nitrogens with one attached hydrogen (secondary N) is 1. The lowest BCUT2D eigenvalue weighted by Crippen LogP contribution is -2.08. The van der Waals surface area contributed by atoms with Crippen LogP contribution in [0.3, 0.4) is 0 Å². The normalized spacial score (nSPS) is 11.0. The zero-order chi connectivity index (χ0) is 19.0. The zero-order valence-electron chi connectivity index (χ0n) is 14.8. The van der Waals surface area contributed by atoms with E-state index in [-0.39, 0.29) is 5.56 Å². The van der Waals surface area contributed by atoms with E-state index >= 15 is 0 Å². The Kier molecular flexibility index (Phi) is 4.22. The lowest BCUT2D eigenvalue weighted by molar-refractivity contribution is 0.0603. The van der Waals surface area contributed by atoms with Crippen LogP contribution in [0.1, 0.15) is 15.9 Å². The summed E-state index contributed by atoms with van der Waals surface area (Å²) in [5.41, 5.74) is 8.98. The van der Waals surface area contributed by atoms with Crippen LogP contribution in [0.4, 0.5) is 0 Å². The molecular weight excluding hydrogens is 340 g/mol. The van der Waals surface area contributed by atoms with E-state index in [9.17, 15) is 9.59 Å². The van der Waals surface area contributed by atoms with Gasteiger partial charge in [-0.3, -0.25) is 4.79 Å². The first-order chi connectivity index (χ1) is 13.1. The summed E-state index contributed by atoms with van der Waals surface area (Å²) in [5.74, 6) is -0.430. The molecular formula is C22H18N2O3. The van der Waals surface area contributed by atoms with Gasteiger partial charge in [-0.05, 0) is 57.1 Å². The number of pyridine rings is 1. The monoisotopic (exact) mass is 358 g/mol. The zero-order valence-corrected chi connectivity index (χ0v) is 14.8. The number of fused-ring (bicyclic) bond motifs is 3. The summed E-state index contributed by atoms with van der Waals surface area (Å²) in [4.78, 5) is 27.5. The maximum atomic E-state index is 12.5. The number of aromatic amines is 1. The number of aromatic nitrogens is 1. The van der Waals surface area contributed by atoms with Gasteiger partial charge in [-0.2, -0.15) is 0 Å². The van der Waals surface area contributed by atoms with Crippen molar-refractivity contribution in [2.75, 3.05) is 7.11 Å². The molecule has 0 amide bonds. The molecule has 4 aromatic rings. The molecule has 0 bridgehead atoms. The number of H-pyrrole nitrogens is 1. The van der Waals surface area contributed by atoms with Gasteiger partial charge in [0.2, 0.25) is 0 Å². The van der Waals surface area contributed by atoms with Crippen LogP contribution in [0, 0.1) is 0 Å². The lowest BCUT2D eigenvalue weighted by Gasteiger charge is -2.11. The minimum absolute atomic E-state index is 0.193. The minimum Gasteiger partial charge on any atom is -0.465 e. The van der Waals surface area contributed by atoms with Crippen LogP contribution in [0.2, 0.25) is 0 Å². The highest BCUT2D eigenvalue weighted by Crippen LogP contribution is 2.31. The number of esters is 1. The van der Waals surface area contributed by atoms with Gasteiger partial charge in [0.05, 0.1) is 18.1 Å². The number of hydrogen-bond donors (Lipinski definition) is 2. The fourth-order valence-corrected chi connectivity index (χ4v) is 3.45. The third-order valence-corrected chi connectivity index (χ3v) is 4.77. The number of hydrogen-bond acceptors (Lipinski definition) is 4. The Morgan fingerprint density at radius 1 is 1.04 bits per heavy atom. The Morgan fingerprint density at radius 2 is 1.85 bits per heavy atom. The molecule has 134 valence electrons. The second-order valence-electron chi connectivity index (χ2n) is 6.35. The van der Waals surface area contributed by atoms with E-state index in [0.717, 1.165) is 16.7 Å². The van der Waals surface area contributed by atoms with Crippen molar-refractivity contribution in [2.24, 2.45) is 5.73 Å². The van der Waals surface area contributed by atoms with Crippen LogP contribution in [-0.2, 0) is 11.3 Å². The topological polar surface area (TPSA) is 85.2 Å². The van der Waals surface area contributed by atoms with Crippen molar-refractivity contribution >= 4 is 27.5 Å². The highest BCUT2D eigenvalue weighted by molar-refractivity contribution is 6.16. The van der Waals surface area contributed by atoms with Gasteiger partial charge in [-0.15, -0.1) is 0 Å². The first kappa shape index (κ1) is 17.0. The number of benzene rings is 3. The number of carbonyl (C=O) groups is 1. The van der Waals surface area contributed by atoms with Gasteiger partial charge in [-0.1, -0.05) is 30.3 Å². The van der Waals surface area contributed by atoms with Crippen molar-refractivity contribution in [3.8, 4) is 11.1 Å². The Balaban J connectivity index is 2.08. The smallest absolute Gasteiger partial charge is 0.338 e. The number of methoxy groups -OCH3 is 1. The molecule has 0 saturated carbocycles. The van der Waals surface area contributed by atoms with Crippen molar-refractivity contribution < 1.29 is 9.53 Å². The summed E-state index contributed by atoms with van der Waals surface area (Å²) in [7, 11) is 1.35. The minimum atomic E-state index is -0.430. The molecule has 3 N–H and O–H groups in total. The number of carbonyl (C=O) groups excluding carboxylic acids is 1. The van der Waals surface area contributed by atoms with Crippen molar-refractivity contribution in [3.05, 3.63) is 82.3 Å². The highest BCUT2D eigenvalue weighted by atomic mass is 16.5. The van der Waals surface area contributed by atoms with Crippen LogP contribution in [0.5, 0.6) is 0 Å². The second kappa shape index (κ2) is 6.70. The Morgan fingerprint density at radius 3 is 2.63 bits per heavy atom. The average molecular weight is 358 g/mol. The molecule has 1 aromatic heterocycles. The largest absolute Gasteiger partial charge is 0.465 e.